The molecule has 4 rings (SSSR count). The van der Waals surface area contributed by atoms with Crippen LogP contribution >= 0.6 is 23.2 Å². The van der Waals surface area contributed by atoms with Gasteiger partial charge in [-0.25, -0.2) is 4.39 Å². The maximum Gasteiger partial charge on any atom is 0.229 e. The zero-order chi connectivity index (χ0) is 19.0. The van der Waals surface area contributed by atoms with E-state index in [1.54, 1.807) is 29.1 Å². The summed E-state index contributed by atoms with van der Waals surface area (Å²) in [5.74, 6) is 0.129. The van der Waals surface area contributed by atoms with Crippen LogP contribution in [0, 0.1) is 11.7 Å². The minimum absolute atomic E-state index is 0.0656. The molecule has 3 aromatic rings. The van der Waals surface area contributed by atoms with Crippen molar-refractivity contribution < 1.29 is 9.18 Å². The highest BCUT2D eigenvalue weighted by atomic mass is 35.5. The first kappa shape index (κ1) is 18.0. The second-order valence-electron chi connectivity index (χ2n) is 6.59. The van der Waals surface area contributed by atoms with Crippen LogP contribution in [0.5, 0.6) is 0 Å². The monoisotopic (exact) mass is 403 g/mol. The maximum atomic E-state index is 13.9. The third-order valence-electron chi connectivity index (χ3n) is 4.70. The van der Waals surface area contributed by atoms with Gasteiger partial charge >= 0.3 is 0 Å². The van der Waals surface area contributed by atoms with Gasteiger partial charge in [-0.05, 0) is 42.2 Å². The molecule has 0 spiro atoms. The number of nitrogens with one attached hydrogen (secondary N) is 1. The Morgan fingerprint density at radius 2 is 1.96 bits per heavy atom. The van der Waals surface area contributed by atoms with E-state index in [1.165, 1.54) is 6.07 Å². The highest BCUT2D eigenvalue weighted by Crippen LogP contribution is 2.48. The molecule has 1 aliphatic rings. The van der Waals surface area contributed by atoms with Crippen LogP contribution in [0.1, 0.15) is 23.5 Å². The molecule has 0 radical (unpaired) electrons. The Morgan fingerprint density at radius 3 is 2.70 bits per heavy atom. The van der Waals surface area contributed by atoms with Crippen molar-refractivity contribution in [1.29, 1.82) is 0 Å². The third kappa shape index (κ3) is 3.99. The summed E-state index contributed by atoms with van der Waals surface area (Å²) in [5.41, 5.74) is 1.48. The van der Waals surface area contributed by atoms with Crippen molar-refractivity contribution in [3.63, 3.8) is 0 Å². The zero-order valence-electron chi connectivity index (χ0n) is 14.2. The molecule has 2 atom stereocenters. The van der Waals surface area contributed by atoms with Crippen LogP contribution in [-0.2, 0) is 11.3 Å². The van der Waals surface area contributed by atoms with Gasteiger partial charge in [0.15, 0.2) is 5.82 Å². The molecule has 1 fully saturated rings. The molecule has 7 heteroatoms. The number of hydrogen-bond acceptors (Lipinski definition) is 2. The van der Waals surface area contributed by atoms with Gasteiger partial charge in [0.2, 0.25) is 5.91 Å². The highest BCUT2D eigenvalue weighted by molar-refractivity contribution is 6.31. The molecule has 2 aromatic carbocycles. The van der Waals surface area contributed by atoms with Crippen molar-refractivity contribution in [1.82, 2.24) is 9.78 Å². The number of carbonyl (C=O) groups is 1. The normalized spacial score (nSPS) is 18.3. The van der Waals surface area contributed by atoms with Crippen molar-refractivity contribution in [3.8, 4) is 0 Å². The number of rotatable bonds is 5. The lowest BCUT2D eigenvalue weighted by Crippen LogP contribution is -2.15. The average Bonchev–Trinajstić information content (AvgIpc) is 3.33. The van der Waals surface area contributed by atoms with Crippen molar-refractivity contribution >= 4 is 34.9 Å². The molecule has 0 bridgehead atoms. The molecular formula is C20H16Cl2FN3O. The van der Waals surface area contributed by atoms with E-state index >= 15 is 0 Å². The maximum absolute atomic E-state index is 13.9. The molecule has 1 aliphatic carbocycles. The quantitative estimate of drug-likeness (QED) is 0.642. The molecule has 1 aromatic heterocycles. The van der Waals surface area contributed by atoms with Crippen LogP contribution in [0.4, 0.5) is 10.2 Å². The van der Waals surface area contributed by atoms with E-state index in [0.29, 0.717) is 21.4 Å². The Morgan fingerprint density at radius 1 is 1.19 bits per heavy atom. The summed E-state index contributed by atoms with van der Waals surface area (Å²) in [7, 11) is 0. The van der Waals surface area contributed by atoms with E-state index in [2.05, 4.69) is 10.4 Å². The molecule has 1 saturated carbocycles. The minimum Gasteiger partial charge on any atom is -0.309 e. The molecule has 0 aliphatic heterocycles. The van der Waals surface area contributed by atoms with E-state index in [0.717, 1.165) is 12.0 Å². The summed E-state index contributed by atoms with van der Waals surface area (Å²) in [6.45, 7) is 0.193. The molecular weight excluding hydrogens is 388 g/mol. The molecule has 0 saturated heterocycles. The van der Waals surface area contributed by atoms with E-state index in [9.17, 15) is 9.18 Å². The van der Waals surface area contributed by atoms with Gasteiger partial charge in [0.1, 0.15) is 5.82 Å². The van der Waals surface area contributed by atoms with E-state index in [4.69, 9.17) is 23.2 Å². The van der Waals surface area contributed by atoms with E-state index < -0.39 is 0 Å². The fourth-order valence-corrected chi connectivity index (χ4v) is 3.49. The number of hydrogen-bond donors (Lipinski definition) is 1. The fraction of sp³-hybridized carbons (Fsp3) is 0.200. The van der Waals surface area contributed by atoms with Crippen LogP contribution in [0.25, 0.3) is 0 Å². The number of nitrogens with zero attached hydrogens (tertiary/aromatic N) is 2. The summed E-state index contributed by atoms with van der Waals surface area (Å²) in [6.07, 6.45) is 2.49. The Bertz CT molecular complexity index is 967. The number of amides is 1. The van der Waals surface area contributed by atoms with E-state index in [-0.39, 0.29) is 30.1 Å². The van der Waals surface area contributed by atoms with Crippen LogP contribution in [0.15, 0.2) is 54.7 Å². The number of carbonyl (C=O) groups excluding carboxylic acids is 1. The first-order valence-corrected chi connectivity index (χ1v) is 9.29. The van der Waals surface area contributed by atoms with Crippen molar-refractivity contribution in [2.75, 3.05) is 5.32 Å². The molecule has 2 unspecified atom stereocenters. The largest absolute Gasteiger partial charge is 0.309 e. The Balaban J connectivity index is 1.38. The summed E-state index contributed by atoms with van der Waals surface area (Å²) in [4.78, 5) is 12.4. The molecule has 4 nitrogen and oxygen atoms in total. The van der Waals surface area contributed by atoms with E-state index in [1.807, 2.05) is 24.3 Å². The first-order valence-electron chi connectivity index (χ1n) is 8.54. The van der Waals surface area contributed by atoms with Crippen molar-refractivity contribution in [3.05, 3.63) is 81.7 Å². The average molecular weight is 404 g/mol. The number of aromatic nitrogens is 2. The molecule has 1 N–H and O–H groups in total. The molecule has 138 valence electrons. The van der Waals surface area contributed by atoms with Gasteiger partial charge in [0.25, 0.3) is 0 Å². The Labute approximate surface area is 165 Å². The first-order chi connectivity index (χ1) is 13.0. The topological polar surface area (TPSA) is 46.9 Å². The fourth-order valence-electron chi connectivity index (χ4n) is 3.14. The number of benzene rings is 2. The summed E-state index contributed by atoms with van der Waals surface area (Å²) < 4.78 is 15.4. The van der Waals surface area contributed by atoms with Gasteiger partial charge in [-0.1, -0.05) is 41.4 Å². The SMILES string of the molecule is O=C(Nc1ccn(Cc2c(F)cccc2Cl)n1)C1CC1c1ccc(Cl)cc1. The molecule has 1 amide bonds. The summed E-state index contributed by atoms with van der Waals surface area (Å²) in [6, 6.07) is 13.8. The van der Waals surface area contributed by atoms with Gasteiger partial charge in [-0.15, -0.1) is 0 Å². The smallest absolute Gasteiger partial charge is 0.229 e. The van der Waals surface area contributed by atoms with Crippen molar-refractivity contribution in [2.45, 2.75) is 18.9 Å². The number of halogens is 3. The van der Waals surface area contributed by atoms with Crippen LogP contribution < -0.4 is 5.32 Å². The predicted octanol–water partition coefficient (Wildman–Crippen LogP) is 5.12. The van der Waals surface area contributed by atoms with Crippen LogP contribution in [-0.4, -0.2) is 15.7 Å². The lowest BCUT2D eigenvalue weighted by atomic mass is 10.1. The predicted molar refractivity (Wildman–Crippen MR) is 104 cm³/mol. The number of anilines is 1. The van der Waals surface area contributed by atoms with Gasteiger partial charge < -0.3 is 5.32 Å². The summed E-state index contributed by atoms with van der Waals surface area (Å²) >= 11 is 11.9. The van der Waals surface area contributed by atoms with Gasteiger partial charge in [-0.2, -0.15) is 5.10 Å². The minimum atomic E-state index is -0.382. The second kappa shape index (κ2) is 7.33. The molecule has 27 heavy (non-hydrogen) atoms. The lowest BCUT2D eigenvalue weighted by molar-refractivity contribution is -0.117. The molecule has 1 heterocycles. The standard InChI is InChI=1S/C20H16Cl2FN3O/c21-13-6-4-12(5-7-13)14-10-15(14)20(27)24-19-8-9-26(25-19)11-16-17(22)2-1-3-18(16)23/h1-9,14-15H,10-11H2,(H,24,25,27). The van der Waals surface area contributed by atoms with Gasteiger partial charge in [-0.3, -0.25) is 9.48 Å². The third-order valence-corrected chi connectivity index (χ3v) is 5.31. The Kier molecular flexibility index (Phi) is 4.89. The lowest BCUT2D eigenvalue weighted by Gasteiger charge is -2.06. The van der Waals surface area contributed by atoms with Gasteiger partial charge in [0, 0.05) is 33.8 Å². The Hall–Kier alpha value is -2.37. The summed E-state index contributed by atoms with van der Waals surface area (Å²) in [5, 5.41) is 8.14. The van der Waals surface area contributed by atoms with Crippen LogP contribution in [0.2, 0.25) is 10.0 Å². The van der Waals surface area contributed by atoms with Gasteiger partial charge in [0.05, 0.1) is 6.54 Å². The van der Waals surface area contributed by atoms with Crippen molar-refractivity contribution in [2.24, 2.45) is 5.92 Å². The van der Waals surface area contributed by atoms with Crippen LogP contribution in [0.3, 0.4) is 0 Å². The zero-order valence-corrected chi connectivity index (χ0v) is 15.7. The second-order valence-corrected chi connectivity index (χ2v) is 7.43. The highest BCUT2D eigenvalue weighted by Gasteiger charge is 2.44.